The van der Waals surface area contributed by atoms with Crippen LogP contribution in [0.5, 0.6) is 5.75 Å². The number of carbonyl (C=O) groups is 3. The van der Waals surface area contributed by atoms with Gasteiger partial charge in [0.05, 0.1) is 12.6 Å². The maximum Gasteiger partial charge on any atom is 0.258 e. The average molecular weight is 548 g/mol. The molecule has 2 atom stereocenters. The summed E-state index contributed by atoms with van der Waals surface area (Å²) in [6.45, 7) is 6.49. The first kappa shape index (κ1) is 28.2. The molecule has 0 saturated heterocycles. The summed E-state index contributed by atoms with van der Waals surface area (Å²) in [5.41, 5.74) is 3.02. The van der Waals surface area contributed by atoms with Crippen LogP contribution in [-0.2, 0) is 9.59 Å². The van der Waals surface area contributed by atoms with E-state index in [0.717, 1.165) is 16.9 Å². The molecule has 1 aliphatic rings. The quantitative estimate of drug-likeness (QED) is 0.325. The smallest absolute Gasteiger partial charge is 0.258 e. The molecular formula is C31H34ClN3O4. The molecule has 1 heterocycles. The summed E-state index contributed by atoms with van der Waals surface area (Å²) >= 11 is 6.09. The number of anilines is 2. The Morgan fingerprint density at radius 1 is 1.03 bits per heavy atom. The Morgan fingerprint density at radius 3 is 2.38 bits per heavy atom. The highest BCUT2D eigenvalue weighted by Crippen LogP contribution is 2.43. The third-order valence-electron chi connectivity index (χ3n) is 6.83. The number of rotatable bonds is 9. The van der Waals surface area contributed by atoms with Gasteiger partial charge in [-0.05, 0) is 86.8 Å². The highest BCUT2D eigenvalue weighted by Gasteiger charge is 2.38. The summed E-state index contributed by atoms with van der Waals surface area (Å²) in [5.74, 6) is 0.470. The molecule has 0 radical (unpaired) electrons. The Hall–Kier alpha value is -3.84. The van der Waals surface area contributed by atoms with Crippen molar-refractivity contribution in [2.75, 3.05) is 23.0 Å². The van der Waals surface area contributed by atoms with Gasteiger partial charge in [-0.2, -0.15) is 0 Å². The molecule has 0 aliphatic carbocycles. The summed E-state index contributed by atoms with van der Waals surface area (Å²) in [4.78, 5) is 41.8. The zero-order chi connectivity index (χ0) is 27.9. The molecule has 1 N–H and O–H groups in total. The van der Waals surface area contributed by atoms with Crippen molar-refractivity contribution in [2.24, 2.45) is 0 Å². The van der Waals surface area contributed by atoms with Crippen LogP contribution >= 0.6 is 11.6 Å². The van der Waals surface area contributed by atoms with E-state index in [0.29, 0.717) is 48.7 Å². The highest BCUT2D eigenvalue weighted by atomic mass is 35.5. The first-order valence-corrected chi connectivity index (χ1v) is 13.6. The Labute approximate surface area is 234 Å². The molecule has 0 saturated carbocycles. The van der Waals surface area contributed by atoms with Crippen molar-refractivity contribution in [2.45, 2.75) is 52.1 Å². The van der Waals surface area contributed by atoms with E-state index >= 15 is 0 Å². The SMILES string of the molecule is CCNC(=O)CCCOc1ccc(C(=O)N2c3ccccc3C(N(C(C)=O)c3ccc(Cl)cc3)CC2C)cc1. The van der Waals surface area contributed by atoms with Crippen LogP contribution in [0.25, 0.3) is 0 Å². The largest absolute Gasteiger partial charge is 0.494 e. The number of halogens is 1. The van der Waals surface area contributed by atoms with Crippen LogP contribution in [0, 0.1) is 0 Å². The fraction of sp³-hybridized carbons (Fsp3) is 0.323. The fourth-order valence-corrected chi connectivity index (χ4v) is 5.19. The first-order chi connectivity index (χ1) is 18.8. The van der Waals surface area contributed by atoms with Crippen molar-refractivity contribution < 1.29 is 19.1 Å². The van der Waals surface area contributed by atoms with Gasteiger partial charge in [-0.1, -0.05) is 29.8 Å². The van der Waals surface area contributed by atoms with E-state index in [-0.39, 0.29) is 29.8 Å². The number of nitrogens with zero attached hydrogens (tertiary/aromatic N) is 2. The maximum absolute atomic E-state index is 13.7. The molecule has 0 fully saturated rings. The summed E-state index contributed by atoms with van der Waals surface area (Å²) in [7, 11) is 0. The van der Waals surface area contributed by atoms with Gasteiger partial charge in [-0.25, -0.2) is 0 Å². The number of benzene rings is 3. The van der Waals surface area contributed by atoms with E-state index in [9.17, 15) is 14.4 Å². The Morgan fingerprint density at radius 2 is 1.72 bits per heavy atom. The third-order valence-corrected chi connectivity index (χ3v) is 7.08. The van der Waals surface area contributed by atoms with Gasteiger partial charge in [0.15, 0.2) is 0 Å². The van der Waals surface area contributed by atoms with E-state index in [1.54, 1.807) is 48.2 Å². The topological polar surface area (TPSA) is 79.0 Å². The van der Waals surface area contributed by atoms with Crippen LogP contribution < -0.4 is 19.9 Å². The van der Waals surface area contributed by atoms with Crippen molar-refractivity contribution in [1.29, 1.82) is 0 Å². The van der Waals surface area contributed by atoms with Gasteiger partial charge in [0.25, 0.3) is 5.91 Å². The number of hydrogen-bond donors (Lipinski definition) is 1. The molecule has 0 spiro atoms. The Balaban J connectivity index is 1.52. The monoisotopic (exact) mass is 547 g/mol. The van der Waals surface area contributed by atoms with Gasteiger partial charge in [0, 0.05) is 47.9 Å². The van der Waals surface area contributed by atoms with Crippen LogP contribution in [0.15, 0.2) is 72.8 Å². The van der Waals surface area contributed by atoms with Crippen molar-refractivity contribution in [3.05, 3.63) is 88.9 Å². The number of nitrogens with one attached hydrogen (secondary N) is 1. The molecule has 39 heavy (non-hydrogen) atoms. The van der Waals surface area contributed by atoms with Crippen molar-refractivity contribution in [1.82, 2.24) is 5.32 Å². The van der Waals surface area contributed by atoms with Crippen LogP contribution in [0.1, 0.15) is 62.0 Å². The van der Waals surface area contributed by atoms with Crippen LogP contribution in [0.2, 0.25) is 5.02 Å². The number of amides is 3. The number of carbonyl (C=O) groups excluding carboxylic acids is 3. The predicted octanol–water partition coefficient (Wildman–Crippen LogP) is 6.17. The zero-order valence-electron chi connectivity index (χ0n) is 22.5. The van der Waals surface area contributed by atoms with Gasteiger partial charge in [-0.3, -0.25) is 14.4 Å². The molecule has 8 heteroatoms. The van der Waals surface area contributed by atoms with Crippen molar-refractivity contribution in [3.8, 4) is 5.75 Å². The molecule has 0 bridgehead atoms. The Bertz CT molecular complexity index is 1310. The normalized spacial score (nSPS) is 16.3. The second-order valence-electron chi connectivity index (χ2n) is 9.63. The summed E-state index contributed by atoms with van der Waals surface area (Å²) < 4.78 is 5.75. The lowest BCUT2D eigenvalue weighted by molar-refractivity contribution is -0.121. The van der Waals surface area contributed by atoms with Gasteiger partial charge in [-0.15, -0.1) is 0 Å². The zero-order valence-corrected chi connectivity index (χ0v) is 23.3. The summed E-state index contributed by atoms with van der Waals surface area (Å²) in [5, 5.41) is 3.37. The van der Waals surface area contributed by atoms with Gasteiger partial charge < -0.3 is 19.9 Å². The fourth-order valence-electron chi connectivity index (χ4n) is 5.06. The average Bonchev–Trinajstić information content (AvgIpc) is 2.92. The molecule has 2 unspecified atom stereocenters. The number of hydrogen-bond acceptors (Lipinski definition) is 4. The second kappa shape index (κ2) is 12.8. The van der Waals surface area contributed by atoms with Crippen LogP contribution in [-0.4, -0.2) is 36.9 Å². The van der Waals surface area contributed by atoms with E-state index in [1.165, 1.54) is 0 Å². The molecule has 3 amide bonds. The molecule has 7 nitrogen and oxygen atoms in total. The van der Waals surface area contributed by atoms with E-state index < -0.39 is 0 Å². The number of fused-ring (bicyclic) bond motifs is 1. The summed E-state index contributed by atoms with van der Waals surface area (Å²) in [6.07, 6.45) is 1.61. The minimum Gasteiger partial charge on any atom is -0.494 e. The van der Waals surface area contributed by atoms with E-state index in [1.807, 2.05) is 55.1 Å². The lowest BCUT2D eigenvalue weighted by Crippen LogP contribution is -2.47. The van der Waals surface area contributed by atoms with Crippen LogP contribution in [0.3, 0.4) is 0 Å². The summed E-state index contributed by atoms with van der Waals surface area (Å²) in [6, 6.07) is 21.7. The lowest BCUT2D eigenvalue weighted by atomic mass is 9.89. The van der Waals surface area contributed by atoms with Gasteiger partial charge in [0.1, 0.15) is 5.75 Å². The van der Waals surface area contributed by atoms with E-state index in [2.05, 4.69) is 5.32 Å². The standard InChI is InChI=1S/C31H34ClN3O4/c1-4-33-30(37)10-7-19-39-26-17-11-23(12-18-26)31(38)34-21(2)20-29(27-8-5-6-9-28(27)34)35(22(3)36)25-15-13-24(32)14-16-25/h5-6,8-9,11-18,21,29H,4,7,10,19-20H2,1-3H3,(H,33,37). The minimum atomic E-state index is -0.228. The van der Waals surface area contributed by atoms with Crippen LogP contribution in [0.4, 0.5) is 11.4 Å². The number of ether oxygens (including phenoxy) is 1. The third kappa shape index (κ3) is 6.60. The highest BCUT2D eigenvalue weighted by molar-refractivity contribution is 6.30. The minimum absolute atomic E-state index is 0.0137. The Kier molecular flexibility index (Phi) is 9.25. The van der Waals surface area contributed by atoms with Crippen molar-refractivity contribution >= 4 is 40.7 Å². The molecular weight excluding hydrogens is 514 g/mol. The second-order valence-corrected chi connectivity index (χ2v) is 10.1. The van der Waals surface area contributed by atoms with E-state index in [4.69, 9.17) is 16.3 Å². The predicted molar refractivity (Wildman–Crippen MR) is 155 cm³/mol. The molecule has 3 aromatic carbocycles. The molecule has 1 aliphatic heterocycles. The molecule has 0 aromatic heterocycles. The maximum atomic E-state index is 13.7. The number of para-hydroxylation sites is 1. The lowest BCUT2D eigenvalue weighted by Gasteiger charge is -2.43. The van der Waals surface area contributed by atoms with Gasteiger partial charge >= 0.3 is 0 Å². The van der Waals surface area contributed by atoms with Gasteiger partial charge in [0.2, 0.25) is 11.8 Å². The molecule has 4 rings (SSSR count). The van der Waals surface area contributed by atoms with Crippen molar-refractivity contribution in [3.63, 3.8) is 0 Å². The first-order valence-electron chi connectivity index (χ1n) is 13.3. The molecule has 3 aromatic rings. The molecule has 204 valence electrons.